The molecule has 0 aromatic heterocycles. The summed E-state index contributed by atoms with van der Waals surface area (Å²) in [7, 11) is 0. The molecular formula is C13H9Cl2NO2. The molecule has 0 aliphatic rings. The third-order valence-electron chi connectivity index (χ3n) is 2.58. The van der Waals surface area contributed by atoms with E-state index in [1.807, 2.05) is 18.2 Å². The van der Waals surface area contributed by atoms with Crippen LogP contribution < -0.4 is 0 Å². The van der Waals surface area contributed by atoms with Gasteiger partial charge in [0.05, 0.1) is 4.92 Å². The number of nitrogens with zero attached hydrogens (tertiary/aromatic N) is 1. The molecule has 0 spiro atoms. The number of non-ortho nitro benzene ring substituents is 1. The number of halogens is 2. The van der Waals surface area contributed by atoms with E-state index in [0.717, 1.165) is 5.56 Å². The van der Waals surface area contributed by atoms with Crippen molar-refractivity contribution in [2.24, 2.45) is 0 Å². The van der Waals surface area contributed by atoms with E-state index < -0.39 is 4.92 Å². The lowest BCUT2D eigenvalue weighted by molar-refractivity contribution is -0.384. The Hall–Kier alpha value is -1.58. The van der Waals surface area contributed by atoms with Crippen LogP contribution in [0.2, 0.25) is 10.0 Å². The number of rotatable bonds is 3. The Balaban J connectivity index is 2.37. The van der Waals surface area contributed by atoms with Gasteiger partial charge in [-0.05, 0) is 23.3 Å². The normalized spacial score (nSPS) is 10.3. The molecule has 0 N–H and O–H groups in total. The van der Waals surface area contributed by atoms with Crippen molar-refractivity contribution in [2.45, 2.75) is 6.42 Å². The Kier molecular flexibility index (Phi) is 3.84. The van der Waals surface area contributed by atoms with Crippen molar-refractivity contribution in [3.05, 3.63) is 73.8 Å². The van der Waals surface area contributed by atoms with E-state index in [0.29, 0.717) is 22.0 Å². The van der Waals surface area contributed by atoms with Crippen molar-refractivity contribution in [1.82, 2.24) is 0 Å². The van der Waals surface area contributed by atoms with Crippen LogP contribution in [0.15, 0.2) is 42.5 Å². The van der Waals surface area contributed by atoms with E-state index in [-0.39, 0.29) is 5.69 Å². The number of benzene rings is 2. The first-order chi connectivity index (χ1) is 8.58. The van der Waals surface area contributed by atoms with Gasteiger partial charge in [0, 0.05) is 28.6 Å². The molecule has 0 atom stereocenters. The molecule has 2 rings (SSSR count). The molecule has 2 aromatic carbocycles. The van der Waals surface area contributed by atoms with Crippen molar-refractivity contribution in [3.63, 3.8) is 0 Å². The van der Waals surface area contributed by atoms with Crippen LogP contribution in [0, 0.1) is 10.1 Å². The molecule has 0 unspecified atom stereocenters. The Morgan fingerprint density at radius 1 is 1.00 bits per heavy atom. The minimum absolute atomic E-state index is 0.0291. The Bertz CT molecular complexity index is 599. The van der Waals surface area contributed by atoms with Crippen LogP contribution >= 0.6 is 23.2 Å². The van der Waals surface area contributed by atoms with Gasteiger partial charge in [-0.25, -0.2) is 0 Å². The van der Waals surface area contributed by atoms with Crippen LogP contribution in [0.4, 0.5) is 5.69 Å². The first-order valence-electron chi connectivity index (χ1n) is 5.24. The molecule has 0 heterocycles. The molecule has 5 heteroatoms. The fourth-order valence-corrected chi connectivity index (χ4v) is 2.04. The monoisotopic (exact) mass is 281 g/mol. The first-order valence-corrected chi connectivity index (χ1v) is 6.00. The van der Waals surface area contributed by atoms with Gasteiger partial charge < -0.3 is 0 Å². The third kappa shape index (κ3) is 2.81. The van der Waals surface area contributed by atoms with Crippen molar-refractivity contribution in [3.8, 4) is 0 Å². The van der Waals surface area contributed by atoms with Gasteiger partial charge in [-0.15, -0.1) is 0 Å². The predicted octanol–water partition coefficient (Wildman–Crippen LogP) is 4.49. The van der Waals surface area contributed by atoms with Crippen LogP contribution in [0.3, 0.4) is 0 Å². The van der Waals surface area contributed by atoms with Crippen molar-refractivity contribution >= 4 is 28.9 Å². The lowest BCUT2D eigenvalue weighted by Gasteiger charge is -2.06. The van der Waals surface area contributed by atoms with E-state index in [9.17, 15) is 10.1 Å². The molecule has 0 aliphatic heterocycles. The fraction of sp³-hybridized carbons (Fsp3) is 0.0769. The second-order valence-electron chi connectivity index (χ2n) is 3.80. The van der Waals surface area contributed by atoms with E-state index in [4.69, 9.17) is 23.2 Å². The van der Waals surface area contributed by atoms with Crippen LogP contribution in [0.1, 0.15) is 11.1 Å². The maximum absolute atomic E-state index is 10.7. The molecule has 0 fully saturated rings. The summed E-state index contributed by atoms with van der Waals surface area (Å²) in [5, 5.41) is 11.8. The standard InChI is InChI=1S/C13H9Cl2NO2/c14-12-4-2-1-3-9(12)7-10-8-11(16(17)18)5-6-13(10)15/h1-6,8H,7H2. The highest BCUT2D eigenvalue weighted by Crippen LogP contribution is 2.26. The summed E-state index contributed by atoms with van der Waals surface area (Å²) in [5.74, 6) is 0. The third-order valence-corrected chi connectivity index (χ3v) is 3.32. The molecule has 92 valence electrons. The highest BCUT2D eigenvalue weighted by Gasteiger charge is 2.11. The molecule has 0 bridgehead atoms. The molecule has 18 heavy (non-hydrogen) atoms. The van der Waals surface area contributed by atoms with E-state index in [1.165, 1.54) is 18.2 Å². The summed E-state index contributed by atoms with van der Waals surface area (Å²) in [5.41, 5.74) is 1.61. The summed E-state index contributed by atoms with van der Waals surface area (Å²) in [6.45, 7) is 0. The number of hydrogen-bond donors (Lipinski definition) is 0. The summed E-state index contributed by atoms with van der Waals surface area (Å²) in [6.07, 6.45) is 0.472. The molecular weight excluding hydrogens is 273 g/mol. The summed E-state index contributed by atoms with van der Waals surface area (Å²) >= 11 is 12.1. The minimum atomic E-state index is -0.438. The number of hydrogen-bond acceptors (Lipinski definition) is 2. The predicted molar refractivity (Wildman–Crippen MR) is 72.4 cm³/mol. The van der Waals surface area contributed by atoms with Crippen molar-refractivity contribution < 1.29 is 4.92 Å². The van der Waals surface area contributed by atoms with Gasteiger partial charge >= 0.3 is 0 Å². The van der Waals surface area contributed by atoms with Gasteiger partial charge in [0.2, 0.25) is 0 Å². The van der Waals surface area contributed by atoms with Crippen molar-refractivity contribution in [1.29, 1.82) is 0 Å². The SMILES string of the molecule is O=[N+]([O-])c1ccc(Cl)c(Cc2ccccc2Cl)c1. The zero-order valence-electron chi connectivity index (χ0n) is 9.27. The van der Waals surface area contributed by atoms with E-state index >= 15 is 0 Å². The van der Waals surface area contributed by atoms with Crippen LogP contribution in [-0.2, 0) is 6.42 Å². The summed E-state index contributed by atoms with van der Waals surface area (Å²) in [4.78, 5) is 10.3. The highest BCUT2D eigenvalue weighted by molar-refractivity contribution is 6.32. The molecule has 0 saturated carbocycles. The summed E-state index contributed by atoms with van der Waals surface area (Å²) in [6, 6.07) is 11.8. The second-order valence-corrected chi connectivity index (χ2v) is 4.62. The lowest BCUT2D eigenvalue weighted by atomic mass is 10.0. The lowest BCUT2D eigenvalue weighted by Crippen LogP contribution is -1.94. The smallest absolute Gasteiger partial charge is 0.258 e. The molecule has 0 amide bonds. The maximum atomic E-state index is 10.7. The first kappa shape index (κ1) is 12.9. The van der Waals surface area contributed by atoms with Gasteiger partial charge in [0.25, 0.3) is 5.69 Å². The zero-order valence-corrected chi connectivity index (χ0v) is 10.8. The van der Waals surface area contributed by atoms with Gasteiger partial charge in [-0.1, -0.05) is 41.4 Å². The van der Waals surface area contributed by atoms with E-state index in [1.54, 1.807) is 6.07 Å². The topological polar surface area (TPSA) is 43.1 Å². The average molecular weight is 282 g/mol. The quantitative estimate of drug-likeness (QED) is 0.614. The largest absolute Gasteiger partial charge is 0.269 e. The second kappa shape index (κ2) is 5.38. The highest BCUT2D eigenvalue weighted by atomic mass is 35.5. The Morgan fingerprint density at radius 3 is 2.33 bits per heavy atom. The average Bonchev–Trinajstić information content (AvgIpc) is 2.34. The number of nitro groups is 1. The van der Waals surface area contributed by atoms with Gasteiger partial charge in [0.1, 0.15) is 0 Å². The minimum Gasteiger partial charge on any atom is -0.258 e. The molecule has 2 aromatic rings. The summed E-state index contributed by atoms with van der Waals surface area (Å²) < 4.78 is 0. The maximum Gasteiger partial charge on any atom is 0.269 e. The van der Waals surface area contributed by atoms with Crippen molar-refractivity contribution in [2.75, 3.05) is 0 Å². The van der Waals surface area contributed by atoms with Gasteiger partial charge in [-0.2, -0.15) is 0 Å². The zero-order chi connectivity index (χ0) is 13.1. The number of nitro benzene ring substituents is 1. The van der Waals surface area contributed by atoms with Crippen LogP contribution in [-0.4, -0.2) is 4.92 Å². The molecule has 3 nitrogen and oxygen atoms in total. The Morgan fingerprint density at radius 2 is 1.67 bits per heavy atom. The molecule has 0 aliphatic carbocycles. The van der Waals surface area contributed by atoms with Gasteiger partial charge in [-0.3, -0.25) is 10.1 Å². The van der Waals surface area contributed by atoms with Crippen LogP contribution in [0.5, 0.6) is 0 Å². The Labute approximate surface area is 114 Å². The molecule has 0 saturated heterocycles. The van der Waals surface area contributed by atoms with E-state index in [2.05, 4.69) is 0 Å². The fourth-order valence-electron chi connectivity index (χ4n) is 1.66. The van der Waals surface area contributed by atoms with Crippen LogP contribution in [0.25, 0.3) is 0 Å². The molecule has 0 radical (unpaired) electrons. The van der Waals surface area contributed by atoms with Gasteiger partial charge in [0.15, 0.2) is 0 Å².